The van der Waals surface area contributed by atoms with Gasteiger partial charge in [-0.3, -0.25) is 9.59 Å². The van der Waals surface area contributed by atoms with Gasteiger partial charge in [0.2, 0.25) is 0 Å². The Morgan fingerprint density at radius 2 is 1.57 bits per heavy atom. The van der Waals surface area contributed by atoms with Crippen molar-refractivity contribution in [1.82, 2.24) is 5.32 Å². The molecule has 30 heavy (non-hydrogen) atoms. The number of aryl methyl sites for hydroxylation is 1. The Bertz CT molecular complexity index is 985. The van der Waals surface area contributed by atoms with Crippen LogP contribution in [-0.4, -0.2) is 18.4 Å². The van der Waals surface area contributed by atoms with E-state index in [1.807, 2.05) is 61.5 Å². The van der Waals surface area contributed by atoms with Gasteiger partial charge in [0, 0.05) is 0 Å². The Morgan fingerprint density at radius 1 is 0.900 bits per heavy atom. The van der Waals surface area contributed by atoms with Crippen molar-refractivity contribution < 1.29 is 14.3 Å². The van der Waals surface area contributed by atoms with E-state index < -0.39 is 0 Å². The van der Waals surface area contributed by atoms with Gasteiger partial charge in [-0.2, -0.15) is 0 Å². The lowest BCUT2D eigenvalue weighted by Gasteiger charge is -2.16. The molecule has 3 rings (SSSR count). The quantitative estimate of drug-likeness (QED) is 0.571. The third kappa shape index (κ3) is 5.70. The Labute approximate surface area is 177 Å². The van der Waals surface area contributed by atoms with Gasteiger partial charge >= 0.3 is 0 Å². The van der Waals surface area contributed by atoms with Crippen LogP contribution in [0.25, 0.3) is 0 Å². The number of hydrogen-bond donors (Lipinski definition) is 2. The number of carbonyl (C=O) groups is 2. The van der Waals surface area contributed by atoms with Gasteiger partial charge in [0.1, 0.15) is 5.75 Å². The summed E-state index contributed by atoms with van der Waals surface area (Å²) >= 11 is 0. The van der Waals surface area contributed by atoms with Crippen LogP contribution in [0.5, 0.6) is 5.75 Å². The number of ether oxygens (including phenoxy) is 1. The highest BCUT2D eigenvalue weighted by atomic mass is 16.5. The summed E-state index contributed by atoms with van der Waals surface area (Å²) < 4.78 is 5.55. The third-order valence-corrected chi connectivity index (χ3v) is 4.79. The highest BCUT2D eigenvalue weighted by molar-refractivity contribution is 6.04. The molecule has 0 aliphatic carbocycles. The summed E-state index contributed by atoms with van der Waals surface area (Å²) in [7, 11) is 0. The lowest BCUT2D eigenvalue weighted by Crippen LogP contribution is -2.28. The molecule has 0 heterocycles. The maximum Gasteiger partial charge on any atom is 0.262 e. The minimum absolute atomic E-state index is 0.137. The third-order valence-electron chi connectivity index (χ3n) is 4.79. The van der Waals surface area contributed by atoms with Crippen molar-refractivity contribution in [1.29, 1.82) is 0 Å². The molecule has 0 radical (unpaired) electrons. The largest absolute Gasteiger partial charge is 0.484 e. The Balaban J connectivity index is 1.61. The van der Waals surface area contributed by atoms with Crippen LogP contribution >= 0.6 is 0 Å². The van der Waals surface area contributed by atoms with Crippen molar-refractivity contribution in [3.63, 3.8) is 0 Å². The number of carbonyl (C=O) groups excluding carboxylic acids is 2. The van der Waals surface area contributed by atoms with Gasteiger partial charge in [0.05, 0.1) is 17.3 Å². The van der Waals surface area contributed by atoms with Crippen LogP contribution in [0.4, 0.5) is 5.69 Å². The number of para-hydroxylation sites is 1. The zero-order chi connectivity index (χ0) is 21.3. The smallest absolute Gasteiger partial charge is 0.262 e. The highest BCUT2D eigenvalue weighted by Crippen LogP contribution is 2.18. The van der Waals surface area contributed by atoms with Gasteiger partial charge in [0.25, 0.3) is 11.8 Å². The van der Waals surface area contributed by atoms with Gasteiger partial charge < -0.3 is 15.4 Å². The van der Waals surface area contributed by atoms with E-state index >= 15 is 0 Å². The fraction of sp³-hybridized carbons (Fsp3) is 0.200. The van der Waals surface area contributed by atoms with Crippen molar-refractivity contribution in [2.45, 2.75) is 26.3 Å². The maximum absolute atomic E-state index is 12.8. The number of anilines is 1. The van der Waals surface area contributed by atoms with E-state index in [1.54, 1.807) is 24.3 Å². The summed E-state index contributed by atoms with van der Waals surface area (Å²) in [5.74, 6) is 0.0503. The molecule has 2 N–H and O–H groups in total. The van der Waals surface area contributed by atoms with Gasteiger partial charge in [0.15, 0.2) is 6.61 Å². The molecule has 0 aliphatic rings. The molecule has 0 saturated heterocycles. The molecule has 154 valence electrons. The SMILES string of the molecule is CCc1ccc(OCC(=O)Nc2ccccc2C(=O)N[C@@H](C)c2ccccc2)cc1. The molecule has 0 spiro atoms. The first-order chi connectivity index (χ1) is 14.6. The van der Waals surface area contributed by atoms with Crippen LogP contribution in [0.3, 0.4) is 0 Å². The Kier molecular flexibility index (Phi) is 7.22. The molecule has 5 heteroatoms. The van der Waals surface area contributed by atoms with Crippen LogP contribution in [0.2, 0.25) is 0 Å². The molecule has 0 aromatic heterocycles. The highest BCUT2D eigenvalue weighted by Gasteiger charge is 2.16. The summed E-state index contributed by atoms with van der Waals surface area (Å²) in [6.07, 6.45) is 0.947. The first-order valence-electron chi connectivity index (χ1n) is 10.0. The van der Waals surface area contributed by atoms with E-state index in [2.05, 4.69) is 17.6 Å². The van der Waals surface area contributed by atoms with Crippen LogP contribution in [0.1, 0.15) is 41.4 Å². The van der Waals surface area contributed by atoms with E-state index in [9.17, 15) is 9.59 Å². The fourth-order valence-electron chi connectivity index (χ4n) is 3.05. The second kappa shape index (κ2) is 10.3. The zero-order valence-electron chi connectivity index (χ0n) is 17.2. The molecular weight excluding hydrogens is 376 g/mol. The maximum atomic E-state index is 12.8. The Morgan fingerprint density at radius 3 is 2.27 bits per heavy atom. The molecule has 3 aromatic carbocycles. The summed E-state index contributed by atoms with van der Waals surface area (Å²) in [5, 5.41) is 5.75. The number of rotatable bonds is 8. The van der Waals surface area contributed by atoms with Crippen molar-refractivity contribution in [3.05, 3.63) is 95.6 Å². The molecule has 1 atom stereocenters. The summed E-state index contributed by atoms with van der Waals surface area (Å²) in [6.45, 7) is 3.87. The molecule has 0 aliphatic heterocycles. The normalized spacial score (nSPS) is 11.4. The van der Waals surface area contributed by atoms with E-state index in [4.69, 9.17) is 4.74 Å². The topological polar surface area (TPSA) is 67.4 Å². The zero-order valence-corrected chi connectivity index (χ0v) is 17.2. The second-order valence-corrected chi connectivity index (χ2v) is 6.99. The number of hydrogen-bond acceptors (Lipinski definition) is 3. The molecule has 3 aromatic rings. The summed E-state index contributed by atoms with van der Waals surface area (Å²) in [6, 6.07) is 24.1. The molecular formula is C25H26N2O3. The van der Waals surface area contributed by atoms with Crippen LogP contribution in [0.15, 0.2) is 78.9 Å². The average molecular weight is 402 g/mol. The first-order valence-corrected chi connectivity index (χ1v) is 10.0. The van der Waals surface area contributed by atoms with Crippen molar-refractivity contribution in [2.24, 2.45) is 0 Å². The molecule has 0 unspecified atom stereocenters. The predicted octanol–water partition coefficient (Wildman–Crippen LogP) is 4.76. The van der Waals surface area contributed by atoms with Gasteiger partial charge in [-0.15, -0.1) is 0 Å². The summed E-state index contributed by atoms with van der Waals surface area (Å²) in [5.41, 5.74) is 3.07. The monoisotopic (exact) mass is 402 g/mol. The fourth-order valence-corrected chi connectivity index (χ4v) is 3.05. The molecule has 0 bridgehead atoms. The molecule has 0 fully saturated rings. The molecule has 2 amide bonds. The number of nitrogens with one attached hydrogen (secondary N) is 2. The number of benzene rings is 3. The standard InChI is InChI=1S/C25H26N2O3/c1-3-19-13-15-21(16-14-19)30-17-24(28)27-23-12-8-7-11-22(23)25(29)26-18(2)20-9-5-4-6-10-20/h4-16,18H,3,17H2,1-2H3,(H,26,29)(H,27,28)/t18-/m0/s1. The van der Waals surface area contributed by atoms with Gasteiger partial charge in [-0.1, -0.05) is 61.5 Å². The van der Waals surface area contributed by atoms with E-state index in [0.29, 0.717) is 17.0 Å². The van der Waals surface area contributed by atoms with Crippen LogP contribution in [0, 0.1) is 0 Å². The van der Waals surface area contributed by atoms with E-state index in [1.165, 1.54) is 5.56 Å². The van der Waals surface area contributed by atoms with Gasteiger partial charge in [-0.05, 0) is 48.7 Å². The van der Waals surface area contributed by atoms with Crippen molar-refractivity contribution >= 4 is 17.5 Å². The van der Waals surface area contributed by atoms with Crippen LogP contribution in [-0.2, 0) is 11.2 Å². The van der Waals surface area contributed by atoms with Crippen LogP contribution < -0.4 is 15.4 Å². The number of amides is 2. The minimum Gasteiger partial charge on any atom is -0.484 e. The predicted molar refractivity (Wildman–Crippen MR) is 119 cm³/mol. The van der Waals surface area contributed by atoms with E-state index in [-0.39, 0.29) is 24.5 Å². The lowest BCUT2D eigenvalue weighted by molar-refractivity contribution is -0.118. The Hall–Kier alpha value is -3.60. The van der Waals surface area contributed by atoms with E-state index in [0.717, 1.165) is 12.0 Å². The lowest BCUT2D eigenvalue weighted by atomic mass is 10.1. The van der Waals surface area contributed by atoms with Gasteiger partial charge in [-0.25, -0.2) is 0 Å². The van der Waals surface area contributed by atoms with Crippen molar-refractivity contribution in [2.75, 3.05) is 11.9 Å². The van der Waals surface area contributed by atoms with Crippen molar-refractivity contribution in [3.8, 4) is 5.75 Å². The first kappa shape index (κ1) is 21.1. The second-order valence-electron chi connectivity index (χ2n) is 6.99. The summed E-state index contributed by atoms with van der Waals surface area (Å²) in [4.78, 5) is 25.1. The molecule has 0 saturated carbocycles. The average Bonchev–Trinajstić information content (AvgIpc) is 2.79. The molecule has 5 nitrogen and oxygen atoms in total. The minimum atomic E-state index is -0.328.